The van der Waals surface area contributed by atoms with E-state index in [9.17, 15) is 0 Å². The van der Waals surface area contributed by atoms with E-state index in [0.717, 1.165) is 12.3 Å². The molecule has 0 fully saturated rings. The van der Waals surface area contributed by atoms with Crippen LogP contribution in [0.5, 0.6) is 0 Å². The Hall–Kier alpha value is -3.22. The van der Waals surface area contributed by atoms with Gasteiger partial charge < -0.3 is 0 Å². The molecule has 6 aromatic rings. The summed E-state index contributed by atoms with van der Waals surface area (Å²) in [4.78, 5) is 0. The molecule has 41 heavy (non-hydrogen) atoms. The van der Waals surface area contributed by atoms with E-state index < -0.39 is 15.8 Å². The van der Waals surface area contributed by atoms with Crippen molar-refractivity contribution >= 4 is 55.9 Å². The van der Waals surface area contributed by atoms with Gasteiger partial charge in [-0.2, -0.15) is 0 Å². The van der Waals surface area contributed by atoms with Gasteiger partial charge in [0.25, 0.3) is 0 Å². The maximum atomic E-state index is 2.38. The zero-order valence-corrected chi connectivity index (χ0v) is 24.3. The molecule has 0 amide bonds. The summed E-state index contributed by atoms with van der Waals surface area (Å²) in [5.74, 6) is 0. The molecular formula is C38H33LiP2. The van der Waals surface area contributed by atoms with E-state index >= 15 is 0 Å². The maximum absolute atomic E-state index is 2.38. The molecular weight excluding hydrogens is 525 g/mol. The molecule has 6 aromatic carbocycles. The molecule has 0 unspecified atom stereocenters. The average Bonchev–Trinajstić information content (AvgIpc) is 3.05. The van der Waals surface area contributed by atoms with Gasteiger partial charge in [0.15, 0.2) is 0 Å². The van der Waals surface area contributed by atoms with Gasteiger partial charge in [0.2, 0.25) is 0 Å². The van der Waals surface area contributed by atoms with Gasteiger partial charge in [0.1, 0.15) is 0 Å². The molecule has 0 spiro atoms. The molecule has 0 N–H and O–H groups in total. The van der Waals surface area contributed by atoms with Gasteiger partial charge in [-0.15, -0.1) is 0 Å². The van der Waals surface area contributed by atoms with Crippen molar-refractivity contribution in [3.8, 4) is 11.1 Å². The predicted molar refractivity (Wildman–Crippen MR) is 185 cm³/mol. The van der Waals surface area contributed by atoms with Crippen LogP contribution in [0.15, 0.2) is 170 Å². The fourth-order valence-corrected chi connectivity index (χ4v) is 10.1. The minimum Gasteiger partial charge on any atom is -0.0622 e. The minimum atomic E-state index is -0.576. The number of hydrogen-bond donors (Lipinski definition) is 0. The monoisotopic (exact) mass is 558 g/mol. The van der Waals surface area contributed by atoms with Crippen LogP contribution in [0.1, 0.15) is 11.1 Å². The Morgan fingerprint density at radius 2 is 0.707 bits per heavy atom. The van der Waals surface area contributed by atoms with Crippen LogP contribution in [0.2, 0.25) is 0 Å². The number of hydrogen-bond acceptors (Lipinski definition) is 0. The molecule has 3 heteroatoms. The van der Waals surface area contributed by atoms with E-state index in [-0.39, 0.29) is 18.9 Å². The van der Waals surface area contributed by atoms with Crippen LogP contribution in [0, 0.1) is 0 Å². The van der Waals surface area contributed by atoms with E-state index in [1.807, 2.05) is 0 Å². The zero-order valence-electron chi connectivity index (χ0n) is 22.5. The van der Waals surface area contributed by atoms with E-state index in [1.54, 1.807) is 0 Å². The predicted octanol–water partition coefficient (Wildman–Crippen LogP) is 7.97. The summed E-state index contributed by atoms with van der Waals surface area (Å²) in [6.07, 6.45) is 2.03. The van der Waals surface area contributed by atoms with Gasteiger partial charge in [-0.3, -0.25) is 0 Å². The minimum absolute atomic E-state index is 0. The van der Waals surface area contributed by atoms with Crippen molar-refractivity contribution in [1.29, 1.82) is 0 Å². The molecule has 0 heterocycles. The molecule has 0 bridgehead atoms. The summed E-state index contributed by atoms with van der Waals surface area (Å²) in [5.41, 5.74) is 5.58. The van der Waals surface area contributed by atoms with Crippen molar-refractivity contribution in [3.05, 3.63) is 181 Å². The van der Waals surface area contributed by atoms with Crippen molar-refractivity contribution in [3.63, 3.8) is 0 Å². The van der Waals surface area contributed by atoms with Crippen molar-refractivity contribution in [2.75, 3.05) is 0 Å². The van der Waals surface area contributed by atoms with Crippen LogP contribution in [0.4, 0.5) is 0 Å². The summed E-state index contributed by atoms with van der Waals surface area (Å²) in [5, 5.41) is 5.69. The van der Waals surface area contributed by atoms with Crippen LogP contribution in [-0.2, 0) is 12.3 Å². The number of rotatable bonds is 9. The van der Waals surface area contributed by atoms with Crippen LogP contribution in [0.25, 0.3) is 11.1 Å². The first-order valence-corrected chi connectivity index (χ1v) is 16.8. The van der Waals surface area contributed by atoms with Gasteiger partial charge in [-0.05, 0) is 59.3 Å². The fraction of sp³-hybridized carbons (Fsp3) is 0.0526. The Bertz CT molecular complexity index is 1540. The summed E-state index contributed by atoms with van der Waals surface area (Å²) >= 11 is 0. The number of benzene rings is 6. The van der Waals surface area contributed by atoms with E-state index in [2.05, 4.69) is 170 Å². The van der Waals surface area contributed by atoms with Crippen molar-refractivity contribution in [2.45, 2.75) is 12.3 Å². The van der Waals surface area contributed by atoms with Crippen molar-refractivity contribution < 1.29 is 0 Å². The standard InChI is InChI=1S/C38H32P2.Li.H/c1-6-17-31(18-7-1)37-28-16-19-32(29-39(33-20-8-2-9-21-33)34-22-10-3-11-23-34)38(37)30-40(35-24-12-4-13-25-35)36-26-14-5-15-27-36;;/h1-28H,29-30H2;;. The maximum Gasteiger partial charge on any atom is 0.00165 e. The first-order chi connectivity index (χ1) is 19.9. The van der Waals surface area contributed by atoms with E-state index in [4.69, 9.17) is 0 Å². The Balaban J connectivity index is 0.00000337. The molecule has 0 aliphatic rings. The Morgan fingerprint density at radius 3 is 1.12 bits per heavy atom. The molecule has 0 saturated heterocycles. The Morgan fingerprint density at radius 1 is 0.341 bits per heavy atom. The molecule has 0 saturated carbocycles. The molecule has 0 aliphatic carbocycles. The second-order valence-electron chi connectivity index (χ2n) is 9.82. The SMILES string of the molecule is [LiH].c1ccc(-c2cccc(CP(c3ccccc3)c3ccccc3)c2CP(c2ccccc2)c2ccccc2)cc1. The summed E-state index contributed by atoms with van der Waals surface area (Å²) in [6, 6.07) is 62.3. The third-order valence-electron chi connectivity index (χ3n) is 7.27. The smallest absolute Gasteiger partial charge is 0.00165 e. The second kappa shape index (κ2) is 14.6. The van der Waals surface area contributed by atoms with Crippen LogP contribution in [0.3, 0.4) is 0 Å². The van der Waals surface area contributed by atoms with Gasteiger partial charge in [0.05, 0.1) is 0 Å². The molecule has 0 atom stereocenters. The van der Waals surface area contributed by atoms with Gasteiger partial charge >= 0.3 is 18.9 Å². The Labute approximate surface area is 259 Å². The third kappa shape index (κ3) is 7.17. The van der Waals surface area contributed by atoms with Gasteiger partial charge in [-0.25, -0.2) is 0 Å². The topological polar surface area (TPSA) is 0 Å². The normalized spacial score (nSPS) is 10.9. The van der Waals surface area contributed by atoms with Crippen molar-refractivity contribution in [2.24, 2.45) is 0 Å². The zero-order chi connectivity index (χ0) is 27.0. The van der Waals surface area contributed by atoms with Gasteiger partial charge in [0, 0.05) is 12.3 Å². The van der Waals surface area contributed by atoms with Crippen molar-refractivity contribution in [1.82, 2.24) is 0 Å². The van der Waals surface area contributed by atoms with Crippen LogP contribution in [-0.4, -0.2) is 18.9 Å². The average molecular weight is 559 g/mol. The first kappa shape index (κ1) is 29.3. The largest absolute Gasteiger partial charge is 0.0622 e. The van der Waals surface area contributed by atoms with Crippen LogP contribution >= 0.6 is 15.8 Å². The van der Waals surface area contributed by atoms with E-state index in [0.29, 0.717) is 0 Å². The second-order valence-corrected chi connectivity index (χ2v) is 14.2. The van der Waals surface area contributed by atoms with Gasteiger partial charge in [-0.1, -0.05) is 170 Å². The fourth-order valence-electron chi connectivity index (χ4n) is 5.28. The molecule has 196 valence electrons. The Kier molecular flexibility index (Phi) is 10.4. The molecule has 0 radical (unpaired) electrons. The molecule has 0 aliphatic heterocycles. The summed E-state index contributed by atoms with van der Waals surface area (Å²) in [7, 11) is -1.13. The third-order valence-corrected chi connectivity index (χ3v) is 12.2. The summed E-state index contributed by atoms with van der Waals surface area (Å²) < 4.78 is 0. The molecule has 0 aromatic heterocycles. The molecule has 6 rings (SSSR count). The van der Waals surface area contributed by atoms with E-state index in [1.165, 1.54) is 43.5 Å². The first-order valence-electron chi connectivity index (χ1n) is 13.8. The van der Waals surface area contributed by atoms with Crippen LogP contribution < -0.4 is 21.2 Å². The molecule has 0 nitrogen and oxygen atoms in total. The quantitative estimate of drug-likeness (QED) is 0.125. The summed E-state index contributed by atoms with van der Waals surface area (Å²) in [6.45, 7) is 0.